The molecule has 6 nitrogen and oxygen atoms in total. The molecule has 0 unspecified atom stereocenters. The van der Waals surface area contributed by atoms with Crippen LogP contribution in [0.5, 0.6) is 5.75 Å². The molecule has 1 N–H and O–H groups in total. The van der Waals surface area contributed by atoms with E-state index in [9.17, 15) is 0 Å². The lowest BCUT2D eigenvalue weighted by molar-refractivity contribution is 0.415. The van der Waals surface area contributed by atoms with E-state index in [4.69, 9.17) is 27.9 Å². The van der Waals surface area contributed by atoms with Gasteiger partial charge in [-0.05, 0) is 36.6 Å². The van der Waals surface area contributed by atoms with Gasteiger partial charge in [-0.15, -0.1) is 0 Å². The summed E-state index contributed by atoms with van der Waals surface area (Å²) in [6.07, 6.45) is 4.07. The third kappa shape index (κ3) is 2.80. The first-order valence-corrected chi connectivity index (χ1v) is 7.91. The monoisotopic (exact) mass is 349 g/mol. The Morgan fingerprint density at radius 3 is 2.78 bits per heavy atom. The average molecular weight is 350 g/mol. The number of nitrogens with zero attached hydrogens (tertiary/aromatic N) is 4. The van der Waals surface area contributed by atoms with Gasteiger partial charge in [0.25, 0.3) is 0 Å². The van der Waals surface area contributed by atoms with Crippen LogP contribution in [0.1, 0.15) is 18.9 Å². The van der Waals surface area contributed by atoms with Gasteiger partial charge in [0, 0.05) is 22.8 Å². The fraction of sp³-hybridized carbons (Fsp3) is 0.267. The van der Waals surface area contributed by atoms with Crippen LogP contribution < -0.4 is 10.1 Å². The molecule has 0 amide bonds. The number of benzene rings is 1. The molecule has 0 bridgehead atoms. The molecule has 2 heterocycles. The number of rotatable bonds is 4. The standard InChI is InChI=1S/C15H13Cl2N5O/c1-23-11-5-8(16)4-9(6-11)19-13-12-14(21-15(17)20-13)22(7-18-12)10-2-3-10/h4-7,10H,2-3H2,1H3,(H,19,20,21). The van der Waals surface area contributed by atoms with E-state index >= 15 is 0 Å². The van der Waals surface area contributed by atoms with Gasteiger partial charge in [0.05, 0.1) is 13.4 Å². The number of anilines is 2. The molecule has 0 atom stereocenters. The Hall–Kier alpha value is -2.05. The van der Waals surface area contributed by atoms with Gasteiger partial charge < -0.3 is 14.6 Å². The minimum atomic E-state index is 0.177. The number of imidazole rings is 1. The Morgan fingerprint density at radius 2 is 2.04 bits per heavy atom. The number of ether oxygens (including phenoxy) is 1. The maximum absolute atomic E-state index is 6.10. The molecule has 1 aromatic carbocycles. The summed E-state index contributed by atoms with van der Waals surface area (Å²) < 4.78 is 7.27. The smallest absolute Gasteiger partial charge is 0.226 e. The van der Waals surface area contributed by atoms with Crippen LogP contribution in [0, 0.1) is 0 Å². The molecule has 1 saturated carbocycles. The van der Waals surface area contributed by atoms with E-state index in [-0.39, 0.29) is 5.28 Å². The van der Waals surface area contributed by atoms with Crippen molar-refractivity contribution in [2.75, 3.05) is 12.4 Å². The lowest BCUT2D eigenvalue weighted by Crippen LogP contribution is -2.00. The van der Waals surface area contributed by atoms with E-state index in [0.29, 0.717) is 28.1 Å². The molecule has 0 aliphatic heterocycles. The van der Waals surface area contributed by atoms with Crippen molar-refractivity contribution >= 4 is 45.9 Å². The third-order valence-corrected chi connectivity index (χ3v) is 4.09. The zero-order chi connectivity index (χ0) is 16.0. The highest BCUT2D eigenvalue weighted by Crippen LogP contribution is 2.38. The molecule has 0 radical (unpaired) electrons. The predicted molar refractivity (Wildman–Crippen MR) is 89.9 cm³/mol. The van der Waals surface area contributed by atoms with Crippen LogP contribution >= 0.6 is 23.2 Å². The molecule has 0 saturated heterocycles. The normalized spacial score (nSPS) is 14.2. The van der Waals surface area contributed by atoms with Gasteiger partial charge in [-0.3, -0.25) is 0 Å². The topological polar surface area (TPSA) is 64.9 Å². The quantitative estimate of drug-likeness (QED) is 0.714. The van der Waals surface area contributed by atoms with Crippen LogP contribution in [0.3, 0.4) is 0 Å². The number of hydrogen-bond donors (Lipinski definition) is 1. The Bertz CT molecular complexity index is 891. The maximum Gasteiger partial charge on any atom is 0.226 e. The summed E-state index contributed by atoms with van der Waals surface area (Å²) in [5, 5.41) is 3.94. The largest absolute Gasteiger partial charge is 0.497 e. The second-order valence-electron chi connectivity index (χ2n) is 5.40. The second kappa shape index (κ2) is 5.54. The van der Waals surface area contributed by atoms with Crippen LogP contribution in [-0.4, -0.2) is 26.6 Å². The highest BCUT2D eigenvalue weighted by molar-refractivity contribution is 6.31. The first-order chi connectivity index (χ1) is 11.1. The third-order valence-electron chi connectivity index (χ3n) is 3.70. The molecule has 23 heavy (non-hydrogen) atoms. The van der Waals surface area contributed by atoms with Crippen molar-refractivity contribution in [1.29, 1.82) is 0 Å². The fourth-order valence-electron chi connectivity index (χ4n) is 2.49. The summed E-state index contributed by atoms with van der Waals surface area (Å²) in [6.45, 7) is 0. The molecular formula is C15H13Cl2N5O. The summed E-state index contributed by atoms with van der Waals surface area (Å²) in [5.74, 6) is 1.20. The number of methoxy groups -OCH3 is 1. The van der Waals surface area contributed by atoms with Gasteiger partial charge in [-0.25, -0.2) is 4.98 Å². The van der Waals surface area contributed by atoms with Crippen LogP contribution in [0.15, 0.2) is 24.5 Å². The molecule has 0 spiro atoms. The minimum Gasteiger partial charge on any atom is -0.497 e. The fourth-order valence-corrected chi connectivity index (χ4v) is 2.88. The molecule has 1 aliphatic carbocycles. The highest BCUT2D eigenvalue weighted by Gasteiger charge is 2.26. The molecule has 118 valence electrons. The van der Waals surface area contributed by atoms with Crippen LogP contribution in [0.25, 0.3) is 11.2 Å². The second-order valence-corrected chi connectivity index (χ2v) is 6.18. The SMILES string of the molecule is COc1cc(Cl)cc(Nc2nc(Cl)nc3c2ncn3C2CC2)c1. The van der Waals surface area contributed by atoms with Crippen LogP contribution in [-0.2, 0) is 0 Å². The van der Waals surface area contributed by atoms with Crippen molar-refractivity contribution in [3.63, 3.8) is 0 Å². The van der Waals surface area contributed by atoms with Crippen LogP contribution in [0.2, 0.25) is 10.3 Å². The molecular weight excluding hydrogens is 337 g/mol. The van der Waals surface area contributed by atoms with Crippen molar-refractivity contribution in [3.8, 4) is 5.75 Å². The minimum absolute atomic E-state index is 0.177. The zero-order valence-corrected chi connectivity index (χ0v) is 13.8. The Balaban J connectivity index is 1.78. The van der Waals surface area contributed by atoms with Gasteiger partial charge in [0.1, 0.15) is 5.75 Å². The Labute approximate surface area is 142 Å². The summed E-state index contributed by atoms with van der Waals surface area (Å²) in [7, 11) is 1.59. The summed E-state index contributed by atoms with van der Waals surface area (Å²) in [5.41, 5.74) is 2.16. The van der Waals surface area contributed by atoms with E-state index < -0.39 is 0 Å². The summed E-state index contributed by atoms with van der Waals surface area (Å²) in [6, 6.07) is 5.80. The van der Waals surface area contributed by atoms with Crippen molar-refractivity contribution in [3.05, 3.63) is 34.8 Å². The van der Waals surface area contributed by atoms with Gasteiger partial charge >= 0.3 is 0 Å². The zero-order valence-electron chi connectivity index (χ0n) is 12.3. The number of nitrogens with one attached hydrogen (secondary N) is 1. The van der Waals surface area contributed by atoms with Crippen molar-refractivity contribution in [2.24, 2.45) is 0 Å². The Kier molecular flexibility index (Phi) is 3.50. The summed E-state index contributed by atoms with van der Waals surface area (Å²) >= 11 is 12.2. The lowest BCUT2D eigenvalue weighted by Gasteiger charge is -2.09. The lowest BCUT2D eigenvalue weighted by atomic mass is 10.3. The molecule has 1 aliphatic rings. The van der Waals surface area contributed by atoms with Crippen molar-refractivity contribution < 1.29 is 4.74 Å². The highest BCUT2D eigenvalue weighted by atomic mass is 35.5. The number of aromatic nitrogens is 4. The van der Waals surface area contributed by atoms with Crippen LogP contribution in [0.4, 0.5) is 11.5 Å². The van der Waals surface area contributed by atoms with Gasteiger partial charge in [-0.1, -0.05) is 11.6 Å². The average Bonchev–Trinajstić information content (AvgIpc) is 3.26. The number of fused-ring (bicyclic) bond motifs is 1. The molecule has 2 aromatic heterocycles. The summed E-state index contributed by atoms with van der Waals surface area (Å²) in [4.78, 5) is 13.0. The van der Waals surface area contributed by atoms with E-state index in [1.165, 1.54) is 0 Å². The first-order valence-electron chi connectivity index (χ1n) is 7.16. The van der Waals surface area contributed by atoms with Crippen molar-refractivity contribution in [1.82, 2.24) is 19.5 Å². The van der Waals surface area contributed by atoms with E-state index in [2.05, 4.69) is 20.3 Å². The van der Waals surface area contributed by atoms with Gasteiger partial charge in [-0.2, -0.15) is 9.97 Å². The van der Waals surface area contributed by atoms with Gasteiger partial charge in [0.15, 0.2) is 17.0 Å². The number of halogens is 2. The van der Waals surface area contributed by atoms with E-state index in [1.807, 2.05) is 10.6 Å². The van der Waals surface area contributed by atoms with E-state index in [1.54, 1.807) is 25.6 Å². The molecule has 1 fully saturated rings. The first kappa shape index (κ1) is 14.5. The molecule has 8 heteroatoms. The predicted octanol–water partition coefficient (Wildman–Crippen LogP) is 4.22. The Morgan fingerprint density at radius 1 is 1.22 bits per heavy atom. The molecule has 4 rings (SSSR count). The molecule has 3 aromatic rings. The van der Waals surface area contributed by atoms with E-state index in [0.717, 1.165) is 24.2 Å². The van der Waals surface area contributed by atoms with Crippen molar-refractivity contribution in [2.45, 2.75) is 18.9 Å². The maximum atomic E-state index is 6.10. The number of hydrogen-bond acceptors (Lipinski definition) is 5. The van der Waals surface area contributed by atoms with Gasteiger partial charge in [0.2, 0.25) is 5.28 Å².